The van der Waals surface area contributed by atoms with E-state index in [1.807, 2.05) is 72.9 Å². The first kappa shape index (κ1) is 78.3. The summed E-state index contributed by atoms with van der Waals surface area (Å²) in [7, 11) is 0. The molecule has 0 saturated carbocycles. The fraction of sp³-hybridized carbons (Fsp3) is 0.622. The summed E-state index contributed by atoms with van der Waals surface area (Å²) in [6, 6.07) is -1.06. The van der Waals surface area contributed by atoms with Gasteiger partial charge in [0.25, 0.3) is 0 Å². The maximum Gasteiger partial charge on any atom is 0.306 e. The van der Waals surface area contributed by atoms with E-state index in [9.17, 15) is 35.1 Å². The van der Waals surface area contributed by atoms with Gasteiger partial charge in [0.1, 0.15) is 24.4 Å². The molecule has 1 aliphatic rings. The Kier molecular flexibility index (Phi) is 54.9. The SMILES string of the molecule is CC\C=C/C=C/C=C/C=C\C=C\C=C\CCCCC(O)C(=O)NC(COC1OC(CO)C(O)C(O)C1OC(=O)CCCCCCCCCC/C=C\C/C=C\C/C=C\C/C=C\C/C=C\C/C=C\CC)C(O)/C=C/CCCCCCCCCCCCC. The van der Waals surface area contributed by atoms with Crippen molar-refractivity contribution in [2.45, 2.75) is 282 Å². The molecule has 1 fully saturated rings. The Hall–Kier alpha value is -4.72. The van der Waals surface area contributed by atoms with Crippen molar-refractivity contribution in [3.63, 3.8) is 0 Å². The fourth-order valence-electron chi connectivity index (χ4n) is 9.39. The summed E-state index contributed by atoms with van der Waals surface area (Å²) < 4.78 is 17.6. The highest BCUT2D eigenvalue weighted by Crippen LogP contribution is 2.26. The van der Waals surface area contributed by atoms with E-state index in [0.717, 1.165) is 116 Å². The number of nitrogens with one attached hydrogen (secondary N) is 1. The molecule has 1 heterocycles. The van der Waals surface area contributed by atoms with Crippen molar-refractivity contribution in [2.75, 3.05) is 13.2 Å². The predicted octanol–water partition coefficient (Wildman–Crippen LogP) is 16.7. The molecule has 0 aromatic heterocycles. The quantitative estimate of drug-likeness (QED) is 0.0149. The van der Waals surface area contributed by atoms with E-state index in [2.05, 4.69) is 105 Å². The van der Waals surface area contributed by atoms with Gasteiger partial charge in [0.15, 0.2) is 12.4 Å². The van der Waals surface area contributed by atoms with E-state index in [4.69, 9.17) is 14.2 Å². The van der Waals surface area contributed by atoms with E-state index in [-0.39, 0.29) is 19.4 Å². The maximum absolute atomic E-state index is 13.4. The lowest BCUT2D eigenvalue weighted by Crippen LogP contribution is -2.61. The van der Waals surface area contributed by atoms with Crippen molar-refractivity contribution in [2.24, 2.45) is 0 Å². The molecule has 0 bridgehead atoms. The molecule has 480 valence electrons. The largest absolute Gasteiger partial charge is 0.454 e. The minimum Gasteiger partial charge on any atom is -0.454 e. The Morgan fingerprint density at radius 1 is 0.482 bits per heavy atom. The number of unbranched alkanes of at least 4 members (excludes halogenated alkanes) is 21. The third-order valence-electron chi connectivity index (χ3n) is 14.6. The van der Waals surface area contributed by atoms with Crippen LogP contribution in [0.15, 0.2) is 158 Å². The topological polar surface area (TPSA) is 175 Å². The van der Waals surface area contributed by atoms with Crippen LogP contribution in [0.2, 0.25) is 0 Å². The van der Waals surface area contributed by atoms with Gasteiger partial charge in [0, 0.05) is 6.42 Å². The van der Waals surface area contributed by atoms with Gasteiger partial charge in [0.2, 0.25) is 5.91 Å². The van der Waals surface area contributed by atoms with E-state index in [1.54, 1.807) is 6.08 Å². The van der Waals surface area contributed by atoms with Gasteiger partial charge in [-0.3, -0.25) is 9.59 Å². The Bertz CT molecular complexity index is 1990. The monoisotopic (exact) mass is 1180 g/mol. The summed E-state index contributed by atoms with van der Waals surface area (Å²) in [5.74, 6) is -1.26. The van der Waals surface area contributed by atoms with Crippen molar-refractivity contribution in [3.8, 4) is 0 Å². The van der Waals surface area contributed by atoms with Crippen LogP contribution in [0, 0.1) is 0 Å². The van der Waals surface area contributed by atoms with Gasteiger partial charge < -0.3 is 45.1 Å². The Balaban J connectivity index is 2.65. The molecule has 0 spiro atoms. The predicted molar refractivity (Wildman–Crippen MR) is 356 cm³/mol. The van der Waals surface area contributed by atoms with Crippen LogP contribution in [0.4, 0.5) is 0 Å². The molecule has 1 rings (SSSR count). The number of allylic oxidation sites excluding steroid dienone is 25. The zero-order chi connectivity index (χ0) is 61.7. The van der Waals surface area contributed by atoms with Gasteiger partial charge in [-0.1, -0.05) is 288 Å². The summed E-state index contributed by atoms with van der Waals surface area (Å²) in [6.07, 6.45) is 77.0. The molecular formula is C74H119NO10. The van der Waals surface area contributed by atoms with Crippen LogP contribution in [0.5, 0.6) is 0 Å². The molecule has 8 atom stereocenters. The van der Waals surface area contributed by atoms with Gasteiger partial charge in [-0.25, -0.2) is 0 Å². The fourth-order valence-corrected chi connectivity index (χ4v) is 9.39. The van der Waals surface area contributed by atoms with Crippen LogP contribution in [-0.2, 0) is 23.8 Å². The van der Waals surface area contributed by atoms with Gasteiger partial charge in [0.05, 0.1) is 25.4 Å². The minimum atomic E-state index is -1.64. The van der Waals surface area contributed by atoms with Crippen LogP contribution in [0.3, 0.4) is 0 Å². The second-order valence-corrected chi connectivity index (χ2v) is 22.2. The van der Waals surface area contributed by atoms with E-state index < -0.39 is 67.4 Å². The van der Waals surface area contributed by atoms with Crippen molar-refractivity contribution in [3.05, 3.63) is 158 Å². The molecule has 0 radical (unpaired) electrons. The van der Waals surface area contributed by atoms with Crippen molar-refractivity contribution in [1.29, 1.82) is 0 Å². The number of carbonyl (C=O) groups excluding carboxylic acids is 2. The number of rotatable bonds is 54. The number of hydrogen-bond acceptors (Lipinski definition) is 10. The molecule has 11 nitrogen and oxygen atoms in total. The maximum atomic E-state index is 13.4. The number of aliphatic hydroxyl groups is 5. The highest BCUT2D eigenvalue weighted by atomic mass is 16.7. The summed E-state index contributed by atoms with van der Waals surface area (Å²) >= 11 is 0. The molecule has 85 heavy (non-hydrogen) atoms. The van der Waals surface area contributed by atoms with Crippen LogP contribution in [-0.4, -0.2) is 99.6 Å². The minimum absolute atomic E-state index is 0.0971. The van der Waals surface area contributed by atoms with Crippen LogP contribution in [0.1, 0.15) is 233 Å². The second-order valence-electron chi connectivity index (χ2n) is 22.2. The van der Waals surface area contributed by atoms with Crippen molar-refractivity contribution >= 4 is 11.9 Å². The first-order valence-electron chi connectivity index (χ1n) is 33.3. The first-order valence-corrected chi connectivity index (χ1v) is 33.3. The van der Waals surface area contributed by atoms with Crippen molar-refractivity contribution < 1.29 is 49.3 Å². The molecular weight excluding hydrogens is 1060 g/mol. The Morgan fingerprint density at radius 2 is 0.906 bits per heavy atom. The molecule has 11 heteroatoms. The summed E-state index contributed by atoms with van der Waals surface area (Å²) in [5, 5.41) is 57.1. The standard InChI is InChI=1S/C74H119NO10/c1-4-7-10-13-16-19-22-25-27-29-30-31-32-33-34-35-36-37-38-39-41-44-47-50-53-56-59-62-69(79)85-72-71(81)70(80)68(63-76)84-74(72)83-64-65(66(77)60-57-54-51-48-45-42-24-21-18-15-12-9-6-3)75-73(82)67(78)61-58-55-52-49-46-43-40-28-26-23-20-17-14-11-8-5-2/h7-8,10-11,14,16-17,19-20,23,25-28,30-31,33-34,36-37,40,43,46,49,57,60,65-68,70-72,74,76-78,80-81H,4-6,9,12-13,15,18,21-22,24,29,32,35,38-39,41-42,44-45,47-48,50-56,58-59,61-64H2,1-3H3,(H,75,82)/b10-7-,11-8-,17-14+,19-16-,23-20+,27-25-,28-26-,31-30-,34-33-,37-36-,43-40+,49-46+,60-57+. The summed E-state index contributed by atoms with van der Waals surface area (Å²) in [6.45, 7) is 5.49. The third-order valence-corrected chi connectivity index (χ3v) is 14.6. The molecule has 1 saturated heterocycles. The second kappa shape index (κ2) is 59.6. The zero-order valence-electron chi connectivity index (χ0n) is 53.2. The lowest BCUT2D eigenvalue weighted by molar-refractivity contribution is -0.305. The number of amides is 1. The number of esters is 1. The number of ether oxygens (including phenoxy) is 3. The molecule has 1 amide bonds. The average molecular weight is 1180 g/mol. The van der Waals surface area contributed by atoms with Gasteiger partial charge >= 0.3 is 5.97 Å². The molecule has 0 aliphatic carbocycles. The van der Waals surface area contributed by atoms with Crippen LogP contribution in [0.25, 0.3) is 0 Å². The first-order chi connectivity index (χ1) is 41.7. The highest BCUT2D eigenvalue weighted by molar-refractivity contribution is 5.80. The van der Waals surface area contributed by atoms with Crippen molar-refractivity contribution in [1.82, 2.24) is 5.32 Å². The molecule has 1 aliphatic heterocycles. The molecule has 6 N–H and O–H groups in total. The highest BCUT2D eigenvalue weighted by Gasteiger charge is 2.47. The zero-order valence-corrected chi connectivity index (χ0v) is 53.2. The molecule has 8 unspecified atom stereocenters. The summed E-state index contributed by atoms with van der Waals surface area (Å²) in [5.41, 5.74) is 0. The average Bonchev–Trinajstić information content (AvgIpc) is 3.13. The van der Waals surface area contributed by atoms with Crippen LogP contribution < -0.4 is 5.32 Å². The Labute approximate surface area is 517 Å². The number of aliphatic hydroxyl groups excluding tert-OH is 5. The lowest BCUT2D eigenvalue weighted by atomic mass is 9.99. The molecule has 0 aromatic carbocycles. The Morgan fingerprint density at radius 3 is 1.41 bits per heavy atom. The lowest BCUT2D eigenvalue weighted by Gasteiger charge is -2.41. The van der Waals surface area contributed by atoms with Gasteiger partial charge in [-0.15, -0.1) is 0 Å². The smallest absolute Gasteiger partial charge is 0.306 e. The number of carbonyl (C=O) groups is 2. The van der Waals surface area contributed by atoms with Gasteiger partial charge in [-0.2, -0.15) is 0 Å². The van der Waals surface area contributed by atoms with Crippen LogP contribution >= 0.6 is 0 Å². The normalized spacial score (nSPS) is 19.5. The molecule has 0 aromatic rings. The van der Waals surface area contributed by atoms with E-state index in [0.29, 0.717) is 12.8 Å². The third kappa shape index (κ3) is 47.1. The number of hydrogen-bond donors (Lipinski definition) is 6. The van der Waals surface area contributed by atoms with E-state index >= 15 is 0 Å². The van der Waals surface area contributed by atoms with E-state index in [1.165, 1.54) is 70.6 Å². The van der Waals surface area contributed by atoms with Gasteiger partial charge in [-0.05, 0) is 96.3 Å². The summed E-state index contributed by atoms with van der Waals surface area (Å²) in [4.78, 5) is 26.6.